The number of amides is 2. The van der Waals surface area contributed by atoms with Gasteiger partial charge in [0.05, 0.1) is 10.9 Å². The zero-order valence-corrected chi connectivity index (χ0v) is 15.7. The number of carbonyl (C=O) groups is 2. The molecule has 2 N–H and O–H groups in total. The van der Waals surface area contributed by atoms with Gasteiger partial charge in [0, 0.05) is 24.9 Å². The average Bonchev–Trinajstić information content (AvgIpc) is 3.14. The lowest BCUT2D eigenvalue weighted by molar-refractivity contribution is -0.122. The summed E-state index contributed by atoms with van der Waals surface area (Å²) in [4.78, 5) is 41.1. The first-order chi connectivity index (χ1) is 13.1. The van der Waals surface area contributed by atoms with Crippen LogP contribution in [0.5, 0.6) is 0 Å². The van der Waals surface area contributed by atoms with Gasteiger partial charge in [-0.3, -0.25) is 29.8 Å². The zero-order chi connectivity index (χ0) is 19.2. The highest BCUT2D eigenvalue weighted by Gasteiger charge is 2.17. The van der Waals surface area contributed by atoms with Crippen LogP contribution in [-0.4, -0.2) is 21.4 Å². The number of aryl methyl sites for hydroxylation is 1. The molecule has 0 bridgehead atoms. The summed E-state index contributed by atoms with van der Waals surface area (Å²) in [6.45, 7) is 2.85. The topological polar surface area (TPSA) is 93.1 Å². The van der Waals surface area contributed by atoms with Crippen LogP contribution < -0.4 is 16.4 Å². The lowest BCUT2D eigenvalue weighted by Gasteiger charge is -2.09. The molecule has 0 radical (unpaired) electrons. The van der Waals surface area contributed by atoms with E-state index in [2.05, 4.69) is 22.8 Å². The number of unbranched alkanes of at least 4 members (excludes halogenated alkanes) is 4. The van der Waals surface area contributed by atoms with Crippen LogP contribution in [0.3, 0.4) is 0 Å². The smallest absolute Gasteiger partial charge is 0.269 e. The highest BCUT2D eigenvalue weighted by atomic mass is 16.2. The van der Waals surface area contributed by atoms with Gasteiger partial charge in [0.2, 0.25) is 5.91 Å². The maximum atomic E-state index is 12.4. The van der Waals surface area contributed by atoms with Crippen LogP contribution in [0.1, 0.15) is 68.1 Å². The minimum Gasteiger partial charge on any atom is -0.296 e. The summed E-state index contributed by atoms with van der Waals surface area (Å²) in [5, 5.41) is 0.508. The number of hydrazine groups is 1. The summed E-state index contributed by atoms with van der Waals surface area (Å²) < 4.78 is 1.70. The minimum atomic E-state index is -0.418. The number of nitrogens with zero attached hydrogens (tertiary/aromatic N) is 2. The van der Waals surface area contributed by atoms with Crippen molar-refractivity contribution in [2.75, 3.05) is 0 Å². The number of hydrogen-bond donors (Lipinski definition) is 2. The molecule has 0 aliphatic carbocycles. The number of fused-ring (bicyclic) bond motifs is 2. The molecule has 3 rings (SSSR count). The van der Waals surface area contributed by atoms with Crippen molar-refractivity contribution in [3.05, 3.63) is 39.9 Å². The predicted molar refractivity (Wildman–Crippen MR) is 103 cm³/mol. The molecule has 1 aromatic carbocycles. The van der Waals surface area contributed by atoms with E-state index in [1.807, 2.05) is 0 Å². The van der Waals surface area contributed by atoms with E-state index in [1.165, 1.54) is 6.42 Å². The Labute approximate surface area is 158 Å². The SMILES string of the molecule is CCCCCCCC(=O)NNC(=O)c1ccc2c(=O)n3c(nc2c1)CCC3. The molecular formula is C20H26N4O3. The molecule has 2 heterocycles. The average molecular weight is 370 g/mol. The van der Waals surface area contributed by atoms with E-state index in [0.717, 1.165) is 44.3 Å². The largest absolute Gasteiger partial charge is 0.296 e. The Morgan fingerprint density at radius 3 is 2.78 bits per heavy atom. The van der Waals surface area contributed by atoms with Gasteiger partial charge in [-0.15, -0.1) is 0 Å². The van der Waals surface area contributed by atoms with Gasteiger partial charge in [-0.1, -0.05) is 32.6 Å². The number of nitrogens with one attached hydrogen (secondary N) is 2. The fourth-order valence-electron chi connectivity index (χ4n) is 3.38. The van der Waals surface area contributed by atoms with Crippen LogP contribution in [0.25, 0.3) is 10.9 Å². The molecule has 0 saturated carbocycles. The van der Waals surface area contributed by atoms with E-state index in [9.17, 15) is 14.4 Å². The van der Waals surface area contributed by atoms with Gasteiger partial charge in [0.25, 0.3) is 11.5 Å². The van der Waals surface area contributed by atoms with Crippen molar-refractivity contribution < 1.29 is 9.59 Å². The van der Waals surface area contributed by atoms with Crippen LogP contribution in [0.2, 0.25) is 0 Å². The first-order valence-corrected chi connectivity index (χ1v) is 9.73. The number of rotatable bonds is 7. The first-order valence-electron chi connectivity index (χ1n) is 9.73. The number of carbonyl (C=O) groups excluding carboxylic acids is 2. The van der Waals surface area contributed by atoms with Gasteiger partial charge in [-0.05, 0) is 31.0 Å². The van der Waals surface area contributed by atoms with Crippen LogP contribution in [0, 0.1) is 0 Å². The van der Waals surface area contributed by atoms with Gasteiger partial charge < -0.3 is 0 Å². The van der Waals surface area contributed by atoms with E-state index in [0.29, 0.717) is 29.4 Å². The zero-order valence-electron chi connectivity index (χ0n) is 15.7. The molecule has 1 aliphatic heterocycles. The molecule has 0 fully saturated rings. The van der Waals surface area contributed by atoms with Crippen LogP contribution in [0.15, 0.2) is 23.0 Å². The summed E-state index contributed by atoms with van der Waals surface area (Å²) in [6.07, 6.45) is 7.39. The second-order valence-corrected chi connectivity index (χ2v) is 6.99. The van der Waals surface area contributed by atoms with Crippen LogP contribution >= 0.6 is 0 Å². The lowest BCUT2D eigenvalue weighted by Crippen LogP contribution is -2.41. The standard InChI is InChI=1S/C20H26N4O3/c1-2-3-4-5-6-9-18(25)22-23-19(26)14-10-11-15-16(13-14)21-17-8-7-12-24(17)20(15)27/h10-11,13H,2-9,12H2,1H3,(H,22,25)(H,23,26). The highest BCUT2D eigenvalue weighted by molar-refractivity contribution is 5.98. The Kier molecular flexibility index (Phi) is 6.21. The maximum Gasteiger partial charge on any atom is 0.269 e. The quantitative estimate of drug-likeness (QED) is 0.578. The lowest BCUT2D eigenvalue weighted by atomic mass is 10.1. The van der Waals surface area contributed by atoms with E-state index < -0.39 is 5.91 Å². The van der Waals surface area contributed by atoms with E-state index >= 15 is 0 Å². The van der Waals surface area contributed by atoms with Crippen molar-refractivity contribution >= 4 is 22.7 Å². The van der Waals surface area contributed by atoms with E-state index in [4.69, 9.17) is 0 Å². The third kappa shape index (κ3) is 4.53. The van der Waals surface area contributed by atoms with E-state index in [-0.39, 0.29) is 11.5 Å². The number of benzene rings is 1. The molecule has 0 unspecified atom stereocenters. The Morgan fingerprint density at radius 1 is 1.15 bits per heavy atom. The second kappa shape index (κ2) is 8.79. The molecular weight excluding hydrogens is 344 g/mol. The van der Waals surface area contributed by atoms with Gasteiger partial charge in [-0.2, -0.15) is 0 Å². The van der Waals surface area contributed by atoms with Crippen molar-refractivity contribution in [3.63, 3.8) is 0 Å². The third-order valence-electron chi connectivity index (χ3n) is 4.90. The molecule has 27 heavy (non-hydrogen) atoms. The molecule has 2 aromatic rings. The highest BCUT2D eigenvalue weighted by Crippen LogP contribution is 2.16. The maximum absolute atomic E-state index is 12.4. The molecule has 2 amide bonds. The van der Waals surface area contributed by atoms with Crippen molar-refractivity contribution in [2.45, 2.75) is 64.8 Å². The van der Waals surface area contributed by atoms with E-state index in [1.54, 1.807) is 22.8 Å². The van der Waals surface area contributed by atoms with Crippen LogP contribution in [-0.2, 0) is 17.8 Å². The summed E-state index contributed by atoms with van der Waals surface area (Å²) in [5.74, 6) is 0.148. The molecule has 0 saturated heterocycles. The Bertz CT molecular complexity index is 904. The molecule has 1 aliphatic rings. The normalized spacial score (nSPS) is 12.8. The number of aromatic nitrogens is 2. The third-order valence-corrected chi connectivity index (χ3v) is 4.90. The summed E-state index contributed by atoms with van der Waals surface area (Å²) in [7, 11) is 0. The van der Waals surface area contributed by atoms with Crippen molar-refractivity contribution in [3.8, 4) is 0 Å². The Morgan fingerprint density at radius 2 is 1.96 bits per heavy atom. The minimum absolute atomic E-state index is 0.0594. The Balaban J connectivity index is 1.59. The molecule has 7 heteroatoms. The van der Waals surface area contributed by atoms with Gasteiger partial charge >= 0.3 is 0 Å². The first kappa shape index (κ1) is 19.1. The second-order valence-electron chi connectivity index (χ2n) is 6.99. The van der Waals surface area contributed by atoms with Crippen molar-refractivity contribution in [1.82, 2.24) is 20.4 Å². The molecule has 1 aromatic heterocycles. The van der Waals surface area contributed by atoms with Gasteiger partial charge in [-0.25, -0.2) is 4.98 Å². The van der Waals surface area contributed by atoms with Crippen molar-refractivity contribution in [2.24, 2.45) is 0 Å². The van der Waals surface area contributed by atoms with Gasteiger partial charge in [0.1, 0.15) is 5.82 Å². The number of hydrogen-bond acceptors (Lipinski definition) is 4. The van der Waals surface area contributed by atoms with Crippen molar-refractivity contribution in [1.29, 1.82) is 0 Å². The predicted octanol–water partition coefficient (Wildman–Crippen LogP) is 2.46. The van der Waals surface area contributed by atoms with Crippen LogP contribution in [0.4, 0.5) is 0 Å². The summed E-state index contributed by atoms with van der Waals surface area (Å²) in [6, 6.07) is 4.81. The molecule has 7 nitrogen and oxygen atoms in total. The molecule has 144 valence electrons. The summed E-state index contributed by atoms with van der Waals surface area (Å²) >= 11 is 0. The monoisotopic (exact) mass is 370 g/mol. The molecule has 0 atom stereocenters. The Hall–Kier alpha value is -2.70. The fraction of sp³-hybridized carbons (Fsp3) is 0.500. The van der Waals surface area contributed by atoms with Gasteiger partial charge in [0.15, 0.2) is 0 Å². The molecule has 0 spiro atoms. The fourth-order valence-corrected chi connectivity index (χ4v) is 3.38. The summed E-state index contributed by atoms with van der Waals surface area (Å²) in [5.41, 5.74) is 5.70.